The number of nitrogen functional groups attached to an aromatic ring is 1. The predicted molar refractivity (Wildman–Crippen MR) is 131 cm³/mol. The van der Waals surface area contributed by atoms with Crippen molar-refractivity contribution < 1.29 is 17.9 Å². The maximum Gasteiger partial charge on any atom is 0.232 e. The molecule has 176 valence electrons. The Hall–Kier alpha value is -3.63. The van der Waals surface area contributed by atoms with E-state index in [-0.39, 0.29) is 10.8 Å². The number of hydrogen-bond acceptors (Lipinski definition) is 8. The van der Waals surface area contributed by atoms with Crippen LogP contribution in [0.3, 0.4) is 0 Å². The van der Waals surface area contributed by atoms with Gasteiger partial charge in [0.25, 0.3) is 0 Å². The van der Waals surface area contributed by atoms with E-state index in [1.165, 1.54) is 7.11 Å². The van der Waals surface area contributed by atoms with E-state index in [4.69, 9.17) is 15.2 Å². The molecule has 3 heterocycles. The number of imidazole rings is 1. The zero-order valence-electron chi connectivity index (χ0n) is 18.9. The Morgan fingerprint density at radius 1 is 1.00 bits per heavy atom. The highest BCUT2D eigenvalue weighted by molar-refractivity contribution is 7.90. The van der Waals surface area contributed by atoms with Crippen molar-refractivity contribution in [2.45, 2.75) is 4.90 Å². The van der Waals surface area contributed by atoms with Crippen LogP contribution < -0.4 is 15.4 Å². The van der Waals surface area contributed by atoms with Gasteiger partial charge in [0.1, 0.15) is 4.90 Å². The van der Waals surface area contributed by atoms with Gasteiger partial charge in [-0.25, -0.2) is 18.4 Å². The lowest BCUT2D eigenvalue weighted by atomic mass is 10.1. The van der Waals surface area contributed by atoms with E-state index in [1.807, 2.05) is 34.9 Å². The van der Waals surface area contributed by atoms with Crippen molar-refractivity contribution in [3.63, 3.8) is 0 Å². The Kier molecular flexibility index (Phi) is 5.62. The van der Waals surface area contributed by atoms with Gasteiger partial charge < -0.3 is 20.1 Å². The van der Waals surface area contributed by atoms with Crippen molar-refractivity contribution in [3.05, 3.63) is 54.7 Å². The van der Waals surface area contributed by atoms with Crippen molar-refractivity contribution in [1.29, 1.82) is 0 Å². The quantitative estimate of drug-likeness (QED) is 0.465. The van der Waals surface area contributed by atoms with Gasteiger partial charge in [-0.3, -0.25) is 4.57 Å². The van der Waals surface area contributed by atoms with Crippen molar-refractivity contribution in [1.82, 2.24) is 14.5 Å². The first-order valence-electron chi connectivity index (χ1n) is 10.8. The number of nitrogens with zero attached hydrogens (tertiary/aromatic N) is 4. The van der Waals surface area contributed by atoms with E-state index >= 15 is 0 Å². The largest absolute Gasteiger partial charge is 0.480 e. The molecular formula is C24H25N5O4S. The molecule has 1 aliphatic heterocycles. The van der Waals surface area contributed by atoms with Crippen LogP contribution in [0.15, 0.2) is 59.6 Å². The minimum absolute atomic E-state index is 0.0410. The lowest BCUT2D eigenvalue weighted by molar-refractivity contribution is 0.122. The highest BCUT2D eigenvalue weighted by Crippen LogP contribution is 2.32. The number of morpholine rings is 1. The molecule has 2 N–H and O–H groups in total. The number of benzene rings is 2. The average Bonchev–Trinajstić information content (AvgIpc) is 3.18. The number of anilines is 2. The van der Waals surface area contributed by atoms with Crippen LogP contribution in [0.2, 0.25) is 0 Å². The van der Waals surface area contributed by atoms with Gasteiger partial charge in [0.15, 0.2) is 9.84 Å². The van der Waals surface area contributed by atoms with Crippen LogP contribution >= 0.6 is 0 Å². The van der Waals surface area contributed by atoms with E-state index < -0.39 is 9.84 Å². The third-order valence-corrected chi connectivity index (χ3v) is 7.00. The van der Waals surface area contributed by atoms with Gasteiger partial charge in [-0.2, -0.15) is 0 Å². The monoisotopic (exact) mass is 479 g/mol. The fourth-order valence-electron chi connectivity index (χ4n) is 4.19. The van der Waals surface area contributed by atoms with Crippen LogP contribution in [0.4, 0.5) is 11.6 Å². The van der Waals surface area contributed by atoms with Crippen LogP contribution in [0, 0.1) is 0 Å². The zero-order valence-corrected chi connectivity index (χ0v) is 19.7. The van der Waals surface area contributed by atoms with Gasteiger partial charge >= 0.3 is 0 Å². The minimum Gasteiger partial charge on any atom is -0.480 e. The summed E-state index contributed by atoms with van der Waals surface area (Å²) in [6.07, 6.45) is 2.73. The van der Waals surface area contributed by atoms with E-state index in [9.17, 15) is 8.42 Å². The highest BCUT2D eigenvalue weighted by atomic mass is 32.2. The summed E-state index contributed by atoms with van der Waals surface area (Å²) < 4.78 is 36.9. The molecule has 0 bridgehead atoms. The summed E-state index contributed by atoms with van der Waals surface area (Å²) in [4.78, 5) is 11.0. The molecule has 0 aliphatic carbocycles. The number of fused-ring (bicyclic) bond motifs is 1. The Bertz CT molecular complexity index is 1460. The highest BCUT2D eigenvalue weighted by Gasteiger charge is 2.18. The Labute approximate surface area is 197 Å². The van der Waals surface area contributed by atoms with E-state index in [0.717, 1.165) is 60.5 Å². The normalized spacial score (nSPS) is 14.5. The number of ether oxygens (including phenoxy) is 2. The molecule has 0 radical (unpaired) electrons. The smallest absolute Gasteiger partial charge is 0.232 e. The third-order valence-electron chi connectivity index (χ3n) is 5.91. The molecule has 1 aliphatic rings. The molecule has 0 atom stereocenters. The van der Waals surface area contributed by atoms with Gasteiger partial charge in [0, 0.05) is 42.5 Å². The second-order valence-electron chi connectivity index (χ2n) is 8.13. The molecule has 2 aromatic heterocycles. The molecule has 1 fully saturated rings. The summed E-state index contributed by atoms with van der Waals surface area (Å²) in [5, 5.41) is 0. The van der Waals surface area contributed by atoms with Crippen molar-refractivity contribution >= 4 is 32.5 Å². The average molecular weight is 480 g/mol. The Morgan fingerprint density at radius 2 is 1.71 bits per heavy atom. The molecule has 1 saturated heterocycles. The summed E-state index contributed by atoms with van der Waals surface area (Å²) in [5.41, 5.74) is 11.3. The first-order chi connectivity index (χ1) is 16.3. The summed E-state index contributed by atoms with van der Waals surface area (Å²) in [5.74, 6) is 0.443. The predicted octanol–water partition coefficient (Wildman–Crippen LogP) is 2.92. The molecule has 9 nitrogen and oxygen atoms in total. The summed E-state index contributed by atoms with van der Waals surface area (Å²) in [6.45, 7) is 3.18. The van der Waals surface area contributed by atoms with Crippen LogP contribution in [0.5, 0.6) is 5.88 Å². The minimum atomic E-state index is -3.52. The molecule has 0 amide bonds. The van der Waals surface area contributed by atoms with Crippen molar-refractivity contribution in [2.75, 3.05) is 50.3 Å². The fraction of sp³-hybridized carbons (Fsp3) is 0.250. The zero-order chi connectivity index (χ0) is 23.9. The van der Waals surface area contributed by atoms with Crippen LogP contribution in [0.1, 0.15) is 0 Å². The molecule has 4 aromatic rings. The van der Waals surface area contributed by atoms with Crippen molar-refractivity contribution in [2.24, 2.45) is 0 Å². The van der Waals surface area contributed by atoms with Crippen LogP contribution in [0.25, 0.3) is 27.8 Å². The Morgan fingerprint density at radius 3 is 2.38 bits per heavy atom. The van der Waals surface area contributed by atoms with Gasteiger partial charge in [0.05, 0.1) is 31.4 Å². The van der Waals surface area contributed by atoms with Gasteiger partial charge in [0.2, 0.25) is 11.8 Å². The Balaban J connectivity index is 1.56. The molecule has 5 rings (SSSR count). The van der Waals surface area contributed by atoms with E-state index in [0.29, 0.717) is 11.5 Å². The first kappa shape index (κ1) is 22.2. The molecule has 0 saturated carbocycles. The number of sulfone groups is 1. The summed E-state index contributed by atoms with van der Waals surface area (Å²) in [7, 11) is -2.12. The molecule has 10 heteroatoms. The molecule has 2 aromatic carbocycles. The first-order valence-corrected chi connectivity index (χ1v) is 12.7. The number of aromatic nitrogens is 3. The lowest BCUT2D eigenvalue weighted by Crippen LogP contribution is -2.36. The van der Waals surface area contributed by atoms with E-state index in [2.05, 4.69) is 27.0 Å². The lowest BCUT2D eigenvalue weighted by Gasteiger charge is -2.29. The van der Waals surface area contributed by atoms with Gasteiger partial charge in [-0.15, -0.1) is 0 Å². The SMILES string of the molecule is COc1ncc(-c2ccc3nc(N)n(-c4ccc(N5CCOCC5)cc4)c3c2)cc1S(C)(=O)=O. The topological polar surface area (TPSA) is 113 Å². The standard InChI is InChI=1S/C24H25N5O4S/c1-32-23-22(34(2,30)31)14-17(15-26-23)16-3-8-20-21(13-16)29(24(25)27-20)19-6-4-18(5-7-19)28-9-11-33-12-10-28/h3-8,13-15H,9-12H2,1-2H3,(H2,25,27). The fourth-order valence-corrected chi connectivity index (χ4v) is 4.98. The maximum atomic E-state index is 12.2. The number of rotatable bonds is 5. The summed E-state index contributed by atoms with van der Waals surface area (Å²) >= 11 is 0. The second kappa shape index (κ2) is 8.62. The van der Waals surface area contributed by atoms with Crippen LogP contribution in [-0.4, -0.2) is 62.6 Å². The number of hydrogen-bond donors (Lipinski definition) is 1. The number of methoxy groups -OCH3 is 1. The van der Waals surface area contributed by atoms with Gasteiger partial charge in [-0.05, 0) is 48.0 Å². The third kappa shape index (κ3) is 4.06. The summed E-state index contributed by atoms with van der Waals surface area (Å²) in [6, 6.07) is 15.4. The second-order valence-corrected chi connectivity index (χ2v) is 10.1. The van der Waals surface area contributed by atoms with Crippen molar-refractivity contribution in [3.8, 4) is 22.7 Å². The molecular weight excluding hydrogens is 454 g/mol. The van der Waals surface area contributed by atoms with E-state index in [1.54, 1.807) is 12.3 Å². The molecule has 34 heavy (non-hydrogen) atoms. The van der Waals surface area contributed by atoms with Crippen LogP contribution in [-0.2, 0) is 14.6 Å². The maximum absolute atomic E-state index is 12.2. The molecule has 0 unspecified atom stereocenters. The molecule has 0 spiro atoms. The number of pyridine rings is 1. The number of nitrogens with two attached hydrogens (primary N) is 1. The van der Waals surface area contributed by atoms with Gasteiger partial charge in [-0.1, -0.05) is 6.07 Å².